The van der Waals surface area contributed by atoms with Gasteiger partial charge < -0.3 is 9.84 Å². The summed E-state index contributed by atoms with van der Waals surface area (Å²) in [4.78, 5) is 0. The van der Waals surface area contributed by atoms with Crippen molar-refractivity contribution < 1.29 is 14.2 Å². The molecule has 0 unspecified atom stereocenters. The summed E-state index contributed by atoms with van der Waals surface area (Å²) >= 11 is 0. The van der Waals surface area contributed by atoms with Crippen LogP contribution in [0.4, 0.5) is 4.39 Å². The summed E-state index contributed by atoms with van der Waals surface area (Å²) in [6.07, 6.45) is 0. The van der Waals surface area contributed by atoms with Gasteiger partial charge in [0.15, 0.2) is 11.5 Å². The minimum absolute atomic E-state index is 0.106. The van der Waals surface area contributed by atoms with Crippen molar-refractivity contribution in [2.24, 2.45) is 0 Å². The van der Waals surface area contributed by atoms with Gasteiger partial charge in [-0.1, -0.05) is 12.1 Å². The van der Waals surface area contributed by atoms with Crippen LogP contribution >= 0.6 is 0 Å². The topological polar surface area (TPSA) is 53.2 Å². The summed E-state index contributed by atoms with van der Waals surface area (Å²) in [5.74, 6) is -0.438. The van der Waals surface area contributed by atoms with Gasteiger partial charge in [0.2, 0.25) is 0 Å². The highest BCUT2D eigenvalue weighted by atomic mass is 19.1. The highest BCUT2D eigenvalue weighted by molar-refractivity contribution is 5.48. The molecule has 0 radical (unpaired) electrons. The van der Waals surface area contributed by atoms with E-state index in [1.54, 1.807) is 24.3 Å². The molecule has 0 atom stereocenters. The molecule has 0 bridgehead atoms. The summed E-state index contributed by atoms with van der Waals surface area (Å²) < 4.78 is 18.1. The van der Waals surface area contributed by atoms with Gasteiger partial charge >= 0.3 is 0 Å². The fraction of sp³-hybridized carbons (Fsp3) is 0. The number of phenols is 1. The second-order valence-corrected chi connectivity index (χ2v) is 3.32. The first kappa shape index (κ1) is 11.0. The van der Waals surface area contributed by atoms with E-state index >= 15 is 0 Å². The Bertz CT molecular complexity index is 590. The second kappa shape index (κ2) is 4.54. The highest BCUT2D eigenvalue weighted by Crippen LogP contribution is 2.32. The van der Waals surface area contributed by atoms with E-state index in [1.807, 2.05) is 6.07 Å². The van der Waals surface area contributed by atoms with Crippen LogP contribution in [0.1, 0.15) is 5.56 Å². The van der Waals surface area contributed by atoms with E-state index in [9.17, 15) is 9.50 Å². The molecule has 3 nitrogen and oxygen atoms in total. The molecule has 2 aromatic rings. The summed E-state index contributed by atoms with van der Waals surface area (Å²) in [7, 11) is 0. The van der Waals surface area contributed by atoms with Crippen LogP contribution in [0.5, 0.6) is 17.2 Å². The Hall–Kier alpha value is -2.54. The normalized spacial score (nSPS) is 9.65. The van der Waals surface area contributed by atoms with Gasteiger partial charge in [0.25, 0.3) is 0 Å². The average molecular weight is 229 g/mol. The van der Waals surface area contributed by atoms with Gasteiger partial charge in [-0.05, 0) is 24.3 Å². The highest BCUT2D eigenvalue weighted by Gasteiger charge is 2.08. The molecule has 0 spiro atoms. The molecule has 2 rings (SSSR count). The Morgan fingerprint density at radius 1 is 1.12 bits per heavy atom. The predicted octanol–water partition coefficient (Wildman–Crippen LogP) is 3.20. The lowest BCUT2D eigenvalue weighted by Gasteiger charge is -2.08. The Kier molecular flexibility index (Phi) is 2.93. The van der Waals surface area contributed by atoms with Crippen LogP contribution in [0.2, 0.25) is 0 Å². The lowest BCUT2D eigenvalue weighted by Crippen LogP contribution is -1.88. The first-order chi connectivity index (χ1) is 8.20. The maximum atomic E-state index is 12.8. The molecule has 2 aromatic carbocycles. The van der Waals surface area contributed by atoms with Crippen LogP contribution in [-0.2, 0) is 0 Å². The monoisotopic (exact) mass is 229 g/mol. The van der Waals surface area contributed by atoms with Crippen molar-refractivity contribution in [3.05, 3.63) is 53.8 Å². The van der Waals surface area contributed by atoms with E-state index in [4.69, 9.17) is 10.00 Å². The van der Waals surface area contributed by atoms with Gasteiger partial charge in [0, 0.05) is 6.07 Å². The molecule has 0 aliphatic heterocycles. The third kappa shape index (κ3) is 2.34. The number of nitrogens with zero attached hydrogens (tertiary/aromatic N) is 1. The van der Waals surface area contributed by atoms with Gasteiger partial charge in [0.05, 0.1) is 5.56 Å². The zero-order valence-corrected chi connectivity index (χ0v) is 8.72. The average Bonchev–Trinajstić information content (AvgIpc) is 2.33. The zero-order chi connectivity index (χ0) is 12.3. The molecular formula is C13H8FNO2. The van der Waals surface area contributed by atoms with Crippen LogP contribution in [-0.4, -0.2) is 5.11 Å². The minimum atomic E-state index is -0.552. The van der Waals surface area contributed by atoms with Crippen LogP contribution in [0.15, 0.2) is 42.5 Å². The Morgan fingerprint density at radius 2 is 1.88 bits per heavy atom. The fourth-order valence-electron chi connectivity index (χ4n) is 1.34. The molecule has 0 saturated carbocycles. The molecule has 0 amide bonds. The van der Waals surface area contributed by atoms with Gasteiger partial charge in [-0.3, -0.25) is 0 Å². The number of halogens is 1. The van der Waals surface area contributed by atoms with Crippen molar-refractivity contribution in [2.75, 3.05) is 0 Å². The SMILES string of the molecule is N#Cc1ccccc1Oc1ccc(F)cc1O. The zero-order valence-electron chi connectivity index (χ0n) is 8.72. The first-order valence-electron chi connectivity index (χ1n) is 4.86. The standard InChI is InChI=1S/C13H8FNO2/c14-10-5-6-13(11(16)7-10)17-12-4-2-1-3-9(12)8-15/h1-7,16H. The van der Waals surface area contributed by atoms with Crippen molar-refractivity contribution in [3.63, 3.8) is 0 Å². The molecule has 0 aromatic heterocycles. The summed E-state index contributed by atoms with van der Waals surface area (Å²) in [5.41, 5.74) is 0.344. The number of hydrogen-bond acceptors (Lipinski definition) is 3. The van der Waals surface area contributed by atoms with E-state index in [2.05, 4.69) is 0 Å². The van der Waals surface area contributed by atoms with Crippen molar-refractivity contribution in [1.29, 1.82) is 5.26 Å². The Labute approximate surface area is 97.3 Å². The van der Waals surface area contributed by atoms with Crippen LogP contribution in [0.25, 0.3) is 0 Å². The number of rotatable bonds is 2. The van der Waals surface area contributed by atoms with Crippen LogP contribution in [0.3, 0.4) is 0 Å². The summed E-state index contributed by atoms with van der Waals surface area (Å²) in [6.45, 7) is 0. The van der Waals surface area contributed by atoms with Crippen LogP contribution in [0, 0.1) is 17.1 Å². The number of para-hydroxylation sites is 1. The number of ether oxygens (including phenoxy) is 1. The van der Waals surface area contributed by atoms with E-state index < -0.39 is 5.82 Å². The molecule has 17 heavy (non-hydrogen) atoms. The second-order valence-electron chi connectivity index (χ2n) is 3.32. The number of aromatic hydroxyl groups is 1. The van der Waals surface area contributed by atoms with Crippen molar-refractivity contribution in [1.82, 2.24) is 0 Å². The first-order valence-corrected chi connectivity index (χ1v) is 4.86. The summed E-state index contributed by atoms with van der Waals surface area (Å²) in [6, 6.07) is 12.0. The molecule has 0 aliphatic carbocycles. The van der Waals surface area contributed by atoms with E-state index in [-0.39, 0.29) is 11.5 Å². The number of hydrogen-bond donors (Lipinski definition) is 1. The molecule has 0 saturated heterocycles. The van der Waals surface area contributed by atoms with Gasteiger partial charge in [0.1, 0.15) is 17.6 Å². The molecule has 4 heteroatoms. The predicted molar refractivity (Wildman–Crippen MR) is 59.3 cm³/mol. The fourth-order valence-corrected chi connectivity index (χ4v) is 1.34. The van der Waals surface area contributed by atoms with Crippen molar-refractivity contribution in [3.8, 4) is 23.3 Å². The van der Waals surface area contributed by atoms with Crippen LogP contribution < -0.4 is 4.74 Å². The van der Waals surface area contributed by atoms with Crippen molar-refractivity contribution >= 4 is 0 Å². The van der Waals surface area contributed by atoms with Crippen molar-refractivity contribution in [2.45, 2.75) is 0 Å². The minimum Gasteiger partial charge on any atom is -0.504 e. The maximum Gasteiger partial charge on any atom is 0.169 e. The van der Waals surface area contributed by atoms with Gasteiger partial charge in [-0.15, -0.1) is 0 Å². The van der Waals surface area contributed by atoms with Gasteiger partial charge in [-0.2, -0.15) is 5.26 Å². The molecule has 0 fully saturated rings. The Morgan fingerprint density at radius 3 is 2.59 bits per heavy atom. The lowest BCUT2D eigenvalue weighted by molar-refractivity contribution is 0.406. The molecule has 0 heterocycles. The third-order valence-corrected chi connectivity index (χ3v) is 2.15. The summed E-state index contributed by atoms with van der Waals surface area (Å²) in [5, 5.41) is 18.3. The maximum absolute atomic E-state index is 12.8. The number of nitriles is 1. The van der Waals surface area contributed by atoms with E-state index in [0.717, 1.165) is 6.07 Å². The lowest BCUT2D eigenvalue weighted by atomic mass is 10.2. The smallest absolute Gasteiger partial charge is 0.169 e. The van der Waals surface area contributed by atoms with E-state index in [1.165, 1.54) is 12.1 Å². The molecule has 84 valence electrons. The third-order valence-electron chi connectivity index (χ3n) is 2.15. The number of phenolic OH excluding ortho intramolecular Hbond substituents is 1. The molecular weight excluding hydrogens is 221 g/mol. The molecule has 1 N–H and O–H groups in total. The van der Waals surface area contributed by atoms with E-state index in [0.29, 0.717) is 11.3 Å². The number of benzene rings is 2. The molecule has 0 aliphatic rings. The quantitative estimate of drug-likeness (QED) is 0.860. The Balaban J connectivity index is 2.35. The largest absolute Gasteiger partial charge is 0.504 e. The van der Waals surface area contributed by atoms with Gasteiger partial charge in [-0.25, -0.2) is 4.39 Å².